The van der Waals surface area contributed by atoms with E-state index in [0.29, 0.717) is 18.3 Å². The maximum Gasteiger partial charge on any atom is 0.216 e. The number of methoxy groups -OCH3 is 3. The molecule has 5 nitrogen and oxygen atoms in total. The van der Waals surface area contributed by atoms with Gasteiger partial charge in [-0.1, -0.05) is 42.5 Å². The van der Waals surface area contributed by atoms with Crippen LogP contribution in [0.1, 0.15) is 24.1 Å². The average Bonchev–Trinajstić information content (AvgIpc) is 2.77. The van der Waals surface area contributed by atoms with Crippen LogP contribution in [0.4, 0.5) is 0 Å². The molecule has 5 heteroatoms. The summed E-state index contributed by atoms with van der Waals surface area (Å²) >= 11 is 0. The quantitative estimate of drug-likeness (QED) is 0.620. The van der Waals surface area contributed by atoms with E-state index in [-0.39, 0.29) is 6.04 Å². The van der Waals surface area contributed by atoms with Crippen molar-refractivity contribution in [2.45, 2.75) is 19.5 Å². The molecule has 3 aromatic rings. The van der Waals surface area contributed by atoms with Gasteiger partial charge in [-0.2, -0.15) is 4.98 Å². The van der Waals surface area contributed by atoms with Gasteiger partial charge in [0.25, 0.3) is 0 Å². The molecule has 0 aliphatic carbocycles. The van der Waals surface area contributed by atoms with Crippen molar-refractivity contribution in [3.63, 3.8) is 0 Å². The van der Waals surface area contributed by atoms with E-state index in [0.717, 1.165) is 22.4 Å². The van der Waals surface area contributed by atoms with Crippen molar-refractivity contribution in [3.8, 4) is 28.6 Å². The lowest BCUT2D eigenvalue weighted by molar-refractivity contribution is 0.363. The number of pyridine rings is 1. The van der Waals surface area contributed by atoms with Crippen molar-refractivity contribution in [1.29, 1.82) is 0 Å². The number of benzene rings is 2. The molecule has 1 N–H and O–H groups in total. The fraction of sp³-hybridized carbons (Fsp3) is 0.261. The predicted molar refractivity (Wildman–Crippen MR) is 111 cm³/mol. The number of ether oxygens (including phenoxy) is 3. The summed E-state index contributed by atoms with van der Waals surface area (Å²) in [5.74, 6) is 1.97. The molecule has 146 valence electrons. The summed E-state index contributed by atoms with van der Waals surface area (Å²) in [4.78, 5) is 4.23. The standard InChI is InChI=1S/C23H26N2O3/c1-16(24-15-17-13-22(27-3)25-23(14-17)28-4)18-9-11-19(12-10-18)20-7-5-6-8-21(20)26-2/h5-14,16,24H,15H2,1-4H3. The SMILES string of the molecule is COc1cc(CNC(C)c2ccc(-c3ccccc3OC)cc2)cc(OC)n1. The molecule has 0 fully saturated rings. The number of para-hydroxylation sites is 1. The van der Waals surface area contributed by atoms with Crippen LogP contribution < -0.4 is 19.5 Å². The van der Waals surface area contributed by atoms with Gasteiger partial charge < -0.3 is 19.5 Å². The smallest absolute Gasteiger partial charge is 0.216 e. The van der Waals surface area contributed by atoms with Gasteiger partial charge in [0.05, 0.1) is 21.3 Å². The first-order valence-corrected chi connectivity index (χ1v) is 9.20. The van der Waals surface area contributed by atoms with Gasteiger partial charge >= 0.3 is 0 Å². The molecule has 0 radical (unpaired) electrons. The molecule has 1 aromatic heterocycles. The Labute approximate surface area is 166 Å². The fourth-order valence-corrected chi connectivity index (χ4v) is 3.07. The molecule has 0 saturated carbocycles. The Balaban J connectivity index is 1.69. The van der Waals surface area contributed by atoms with E-state index < -0.39 is 0 Å². The minimum absolute atomic E-state index is 0.192. The predicted octanol–water partition coefficient (Wildman–Crippen LogP) is 4.63. The first kappa shape index (κ1) is 19.7. The summed E-state index contributed by atoms with van der Waals surface area (Å²) in [6.07, 6.45) is 0. The van der Waals surface area contributed by atoms with Crippen molar-refractivity contribution in [2.24, 2.45) is 0 Å². The van der Waals surface area contributed by atoms with E-state index in [1.807, 2.05) is 30.3 Å². The minimum atomic E-state index is 0.192. The highest BCUT2D eigenvalue weighted by Gasteiger charge is 2.09. The molecular formula is C23H26N2O3. The number of rotatable bonds is 8. The van der Waals surface area contributed by atoms with Gasteiger partial charge in [-0.3, -0.25) is 0 Å². The average molecular weight is 378 g/mol. The number of aromatic nitrogens is 1. The van der Waals surface area contributed by atoms with Crippen LogP contribution in [0.2, 0.25) is 0 Å². The highest BCUT2D eigenvalue weighted by Crippen LogP contribution is 2.30. The van der Waals surface area contributed by atoms with E-state index >= 15 is 0 Å². The van der Waals surface area contributed by atoms with Gasteiger partial charge in [-0.25, -0.2) is 0 Å². The van der Waals surface area contributed by atoms with Gasteiger partial charge in [0.1, 0.15) is 5.75 Å². The Morgan fingerprint density at radius 3 is 2.11 bits per heavy atom. The third-order valence-electron chi connectivity index (χ3n) is 4.70. The van der Waals surface area contributed by atoms with Crippen LogP contribution in [0, 0.1) is 0 Å². The zero-order valence-electron chi connectivity index (χ0n) is 16.7. The zero-order chi connectivity index (χ0) is 19.9. The van der Waals surface area contributed by atoms with E-state index in [9.17, 15) is 0 Å². The molecule has 0 amide bonds. The molecule has 0 aliphatic rings. The topological polar surface area (TPSA) is 52.6 Å². The summed E-state index contributed by atoms with van der Waals surface area (Å²) in [5.41, 5.74) is 4.50. The van der Waals surface area contributed by atoms with Crippen LogP contribution >= 0.6 is 0 Å². The summed E-state index contributed by atoms with van der Waals surface area (Å²) in [5, 5.41) is 3.54. The molecule has 1 atom stereocenters. The Hall–Kier alpha value is -3.05. The van der Waals surface area contributed by atoms with Crippen molar-refractivity contribution in [1.82, 2.24) is 10.3 Å². The second-order valence-electron chi connectivity index (χ2n) is 6.48. The molecule has 28 heavy (non-hydrogen) atoms. The van der Waals surface area contributed by atoms with Gasteiger partial charge in [-0.15, -0.1) is 0 Å². The van der Waals surface area contributed by atoms with Crippen molar-refractivity contribution >= 4 is 0 Å². The van der Waals surface area contributed by atoms with E-state index in [2.05, 4.69) is 47.6 Å². The highest BCUT2D eigenvalue weighted by atomic mass is 16.5. The van der Waals surface area contributed by atoms with Gasteiger partial charge in [-0.05, 0) is 29.7 Å². The van der Waals surface area contributed by atoms with Gasteiger partial charge in [0.2, 0.25) is 11.8 Å². The monoisotopic (exact) mass is 378 g/mol. The van der Waals surface area contributed by atoms with Crippen LogP contribution in [0.3, 0.4) is 0 Å². The van der Waals surface area contributed by atoms with Crippen molar-refractivity contribution in [3.05, 3.63) is 71.8 Å². The van der Waals surface area contributed by atoms with Crippen molar-refractivity contribution in [2.75, 3.05) is 21.3 Å². The summed E-state index contributed by atoms with van der Waals surface area (Å²) < 4.78 is 15.9. The summed E-state index contributed by atoms with van der Waals surface area (Å²) in [7, 11) is 4.90. The number of nitrogens with one attached hydrogen (secondary N) is 1. The van der Waals surface area contributed by atoms with E-state index in [1.54, 1.807) is 21.3 Å². The third-order valence-corrected chi connectivity index (χ3v) is 4.70. The lowest BCUT2D eigenvalue weighted by atomic mass is 10.0. The van der Waals surface area contributed by atoms with Crippen LogP contribution in [0.15, 0.2) is 60.7 Å². The van der Waals surface area contributed by atoms with Gasteiger partial charge in [0.15, 0.2) is 0 Å². The van der Waals surface area contributed by atoms with Gasteiger partial charge in [0, 0.05) is 30.3 Å². The number of hydrogen-bond donors (Lipinski definition) is 1. The molecule has 0 spiro atoms. The molecule has 3 rings (SSSR count). The molecule has 2 aromatic carbocycles. The zero-order valence-corrected chi connectivity index (χ0v) is 16.7. The molecule has 0 bridgehead atoms. The number of hydrogen-bond acceptors (Lipinski definition) is 5. The van der Waals surface area contributed by atoms with Crippen LogP contribution in [-0.4, -0.2) is 26.3 Å². The molecule has 0 aliphatic heterocycles. The van der Waals surface area contributed by atoms with E-state index in [4.69, 9.17) is 14.2 Å². The Morgan fingerprint density at radius 1 is 0.857 bits per heavy atom. The normalized spacial score (nSPS) is 11.7. The van der Waals surface area contributed by atoms with Crippen LogP contribution in [0.25, 0.3) is 11.1 Å². The molecular weight excluding hydrogens is 352 g/mol. The molecule has 1 heterocycles. The van der Waals surface area contributed by atoms with Crippen LogP contribution in [0.5, 0.6) is 17.5 Å². The maximum atomic E-state index is 5.46. The number of nitrogens with zero attached hydrogens (tertiary/aromatic N) is 1. The van der Waals surface area contributed by atoms with Crippen LogP contribution in [-0.2, 0) is 6.54 Å². The molecule has 1 unspecified atom stereocenters. The third kappa shape index (κ3) is 4.61. The first-order valence-electron chi connectivity index (χ1n) is 9.20. The summed E-state index contributed by atoms with van der Waals surface area (Å²) in [6, 6.07) is 20.6. The molecule has 0 saturated heterocycles. The Bertz CT molecular complexity index is 888. The van der Waals surface area contributed by atoms with E-state index in [1.165, 1.54) is 5.56 Å². The largest absolute Gasteiger partial charge is 0.496 e. The lowest BCUT2D eigenvalue weighted by Crippen LogP contribution is -2.18. The Morgan fingerprint density at radius 2 is 1.50 bits per heavy atom. The maximum absolute atomic E-state index is 5.46. The second-order valence-corrected chi connectivity index (χ2v) is 6.48. The fourth-order valence-electron chi connectivity index (χ4n) is 3.07. The lowest BCUT2D eigenvalue weighted by Gasteiger charge is -2.16. The highest BCUT2D eigenvalue weighted by molar-refractivity contribution is 5.70. The minimum Gasteiger partial charge on any atom is -0.496 e. The summed E-state index contributed by atoms with van der Waals surface area (Å²) in [6.45, 7) is 2.83. The second kappa shape index (κ2) is 9.24. The first-order chi connectivity index (χ1) is 13.6. The van der Waals surface area contributed by atoms with Crippen molar-refractivity contribution < 1.29 is 14.2 Å². The Kier molecular flexibility index (Phi) is 6.50.